The molecule has 0 aliphatic carbocycles. The van der Waals surface area contributed by atoms with Crippen molar-refractivity contribution in [3.8, 4) is 0 Å². The number of piperidine rings is 1. The van der Waals surface area contributed by atoms with E-state index in [-0.39, 0.29) is 23.6 Å². The third-order valence-electron chi connectivity index (χ3n) is 5.49. The Kier molecular flexibility index (Phi) is 3.99. The van der Waals surface area contributed by atoms with Crippen molar-refractivity contribution in [1.29, 1.82) is 0 Å². The lowest BCUT2D eigenvalue weighted by atomic mass is 10.0. The molecule has 0 aromatic carbocycles. The first-order chi connectivity index (χ1) is 12.0. The molecule has 1 aromatic rings. The van der Waals surface area contributed by atoms with Gasteiger partial charge in [0.05, 0.1) is 6.04 Å². The average Bonchev–Trinajstić information content (AvgIpc) is 2.96. The van der Waals surface area contributed by atoms with Crippen LogP contribution in [0.1, 0.15) is 30.9 Å². The van der Waals surface area contributed by atoms with E-state index in [0.717, 1.165) is 37.3 Å². The number of carbonyl (C=O) groups excluding carboxylic acids is 1. The van der Waals surface area contributed by atoms with Crippen LogP contribution in [0.2, 0.25) is 0 Å². The highest BCUT2D eigenvalue weighted by Crippen LogP contribution is 2.35. The molecule has 3 aliphatic heterocycles. The average molecular weight is 346 g/mol. The molecule has 0 radical (unpaired) electrons. The van der Waals surface area contributed by atoms with E-state index < -0.39 is 6.09 Å². The highest BCUT2D eigenvalue weighted by molar-refractivity contribution is 5.96. The van der Waals surface area contributed by atoms with Crippen LogP contribution in [0.3, 0.4) is 0 Å². The number of nitrogens with one attached hydrogen (secondary N) is 1. The molecule has 134 valence electrons. The monoisotopic (exact) mass is 346 g/mol. The highest BCUT2D eigenvalue weighted by atomic mass is 16.4. The Balaban J connectivity index is 1.49. The third-order valence-corrected chi connectivity index (χ3v) is 5.49. The van der Waals surface area contributed by atoms with E-state index >= 15 is 0 Å². The van der Waals surface area contributed by atoms with Gasteiger partial charge in [0, 0.05) is 44.7 Å². The predicted molar refractivity (Wildman–Crippen MR) is 91.0 cm³/mol. The molecule has 1 fully saturated rings. The first kappa shape index (κ1) is 16.1. The summed E-state index contributed by atoms with van der Waals surface area (Å²) in [6.07, 6.45) is 1.76. The van der Waals surface area contributed by atoms with Crippen molar-refractivity contribution in [3.63, 3.8) is 0 Å². The lowest BCUT2D eigenvalue weighted by Crippen LogP contribution is -2.46. The molecule has 25 heavy (non-hydrogen) atoms. The summed E-state index contributed by atoms with van der Waals surface area (Å²) in [5.74, 6) is 0.884. The van der Waals surface area contributed by atoms with Gasteiger partial charge in [0.2, 0.25) is 5.91 Å². The standard InChI is InChI=1S/C17H22N4O4/c22-14-3-1-11-2-4-15(23)21-13(10-20(14)16(11)21)9-19-7-5-12(6-8-19)18-17(24)25/h2,4,12-13,18H,1,3,5-10H2,(H,24,25)/t13-/m1/s1. The van der Waals surface area contributed by atoms with Gasteiger partial charge in [0.1, 0.15) is 5.82 Å². The number of carboxylic acid groups (broad SMARTS) is 1. The van der Waals surface area contributed by atoms with Gasteiger partial charge >= 0.3 is 6.09 Å². The first-order valence-corrected chi connectivity index (χ1v) is 8.79. The van der Waals surface area contributed by atoms with Crippen molar-refractivity contribution in [3.05, 3.63) is 28.0 Å². The molecule has 0 spiro atoms. The molecule has 2 N–H and O–H groups in total. The first-order valence-electron chi connectivity index (χ1n) is 8.79. The van der Waals surface area contributed by atoms with Crippen LogP contribution in [0.25, 0.3) is 0 Å². The van der Waals surface area contributed by atoms with Crippen molar-refractivity contribution < 1.29 is 14.7 Å². The van der Waals surface area contributed by atoms with Gasteiger partial charge in [0.15, 0.2) is 0 Å². The quantitative estimate of drug-likeness (QED) is 0.827. The number of amides is 2. The van der Waals surface area contributed by atoms with Gasteiger partial charge in [-0.2, -0.15) is 0 Å². The van der Waals surface area contributed by atoms with Crippen LogP contribution in [-0.4, -0.2) is 58.8 Å². The fourth-order valence-electron chi connectivity index (χ4n) is 4.28. The molecule has 3 aliphatic rings. The fourth-order valence-corrected chi connectivity index (χ4v) is 4.28. The Hall–Kier alpha value is -2.35. The van der Waals surface area contributed by atoms with Crippen LogP contribution in [-0.2, 0) is 11.2 Å². The summed E-state index contributed by atoms with van der Waals surface area (Å²) < 4.78 is 1.79. The van der Waals surface area contributed by atoms with Crippen molar-refractivity contribution in [2.45, 2.75) is 37.8 Å². The SMILES string of the molecule is O=C(O)NC1CCN(C[C@@H]2CN3C(=O)CCc4ccc(=O)n2c43)CC1. The van der Waals surface area contributed by atoms with Crippen molar-refractivity contribution in [2.24, 2.45) is 0 Å². The fraction of sp³-hybridized carbons (Fsp3) is 0.588. The summed E-state index contributed by atoms with van der Waals surface area (Å²) in [5.41, 5.74) is 1.02. The summed E-state index contributed by atoms with van der Waals surface area (Å²) in [6, 6.07) is 3.42. The molecule has 4 heterocycles. The highest BCUT2D eigenvalue weighted by Gasteiger charge is 2.38. The molecule has 8 heteroatoms. The van der Waals surface area contributed by atoms with Crippen LogP contribution >= 0.6 is 0 Å². The number of nitrogens with zero attached hydrogens (tertiary/aromatic N) is 3. The number of pyridine rings is 1. The van der Waals surface area contributed by atoms with Crippen molar-refractivity contribution in [2.75, 3.05) is 31.1 Å². The lowest BCUT2D eigenvalue weighted by molar-refractivity contribution is -0.118. The number of anilines is 1. The minimum Gasteiger partial charge on any atom is -0.465 e. The molecular weight excluding hydrogens is 324 g/mol. The molecule has 0 bridgehead atoms. The zero-order valence-corrected chi connectivity index (χ0v) is 14.0. The Morgan fingerprint density at radius 1 is 1.20 bits per heavy atom. The van der Waals surface area contributed by atoms with Crippen LogP contribution < -0.4 is 15.8 Å². The van der Waals surface area contributed by atoms with Gasteiger partial charge < -0.3 is 15.3 Å². The number of hydrogen-bond donors (Lipinski definition) is 2. The topological polar surface area (TPSA) is 94.9 Å². The largest absolute Gasteiger partial charge is 0.465 e. The second-order valence-corrected chi connectivity index (χ2v) is 7.07. The molecule has 1 atom stereocenters. The number of rotatable bonds is 3. The zero-order valence-electron chi connectivity index (χ0n) is 14.0. The number of likely N-dealkylation sites (tertiary alicyclic amines) is 1. The van der Waals surface area contributed by atoms with Crippen LogP contribution in [0.15, 0.2) is 16.9 Å². The Labute approximate surface area is 145 Å². The molecule has 8 nitrogen and oxygen atoms in total. The van der Waals surface area contributed by atoms with Gasteiger partial charge in [-0.25, -0.2) is 4.79 Å². The number of aromatic nitrogens is 1. The molecule has 0 unspecified atom stereocenters. The summed E-state index contributed by atoms with van der Waals surface area (Å²) in [6.45, 7) is 2.84. The minimum atomic E-state index is -0.977. The van der Waals surface area contributed by atoms with Gasteiger partial charge in [-0.15, -0.1) is 0 Å². The molecule has 1 saturated heterocycles. The summed E-state index contributed by atoms with van der Waals surface area (Å²) >= 11 is 0. The molecule has 4 rings (SSSR count). The van der Waals surface area contributed by atoms with E-state index in [1.165, 1.54) is 0 Å². The van der Waals surface area contributed by atoms with Crippen LogP contribution in [0.5, 0.6) is 0 Å². The second kappa shape index (κ2) is 6.18. The minimum absolute atomic E-state index is 0.000834. The van der Waals surface area contributed by atoms with Crippen LogP contribution in [0.4, 0.5) is 10.6 Å². The smallest absolute Gasteiger partial charge is 0.404 e. The van der Waals surface area contributed by atoms with E-state index in [1.54, 1.807) is 15.5 Å². The number of carbonyl (C=O) groups is 2. The van der Waals surface area contributed by atoms with Gasteiger partial charge in [-0.1, -0.05) is 0 Å². The van der Waals surface area contributed by atoms with Crippen molar-refractivity contribution >= 4 is 17.8 Å². The van der Waals surface area contributed by atoms with Gasteiger partial charge in [-0.3, -0.25) is 19.1 Å². The molecule has 1 aromatic heterocycles. The lowest BCUT2D eigenvalue weighted by Gasteiger charge is -2.33. The number of aryl methyl sites for hydroxylation is 1. The normalized spacial score (nSPS) is 23.6. The van der Waals surface area contributed by atoms with Gasteiger partial charge in [-0.05, 0) is 30.9 Å². The maximum atomic E-state index is 12.4. The zero-order chi connectivity index (χ0) is 17.6. The maximum Gasteiger partial charge on any atom is 0.404 e. The Morgan fingerprint density at radius 3 is 2.68 bits per heavy atom. The van der Waals surface area contributed by atoms with E-state index in [0.29, 0.717) is 25.9 Å². The van der Waals surface area contributed by atoms with E-state index in [2.05, 4.69) is 10.2 Å². The van der Waals surface area contributed by atoms with E-state index in [4.69, 9.17) is 5.11 Å². The van der Waals surface area contributed by atoms with Crippen LogP contribution in [0, 0.1) is 0 Å². The van der Waals surface area contributed by atoms with E-state index in [9.17, 15) is 14.4 Å². The summed E-state index contributed by atoms with van der Waals surface area (Å²) in [7, 11) is 0. The summed E-state index contributed by atoms with van der Waals surface area (Å²) in [5, 5.41) is 11.4. The maximum absolute atomic E-state index is 12.4. The van der Waals surface area contributed by atoms with Crippen molar-refractivity contribution in [1.82, 2.24) is 14.8 Å². The van der Waals surface area contributed by atoms with E-state index in [1.807, 2.05) is 6.07 Å². The van der Waals surface area contributed by atoms with Gasteiger partial charge in [0.25, 0.3) is 5.56 Å². The second-order valence-electron chi connectivity index (χ2n) is 7.07. The molecule has 2 amide bonds. The molecule has 0 saturated carbocycles. The number of hydrogen-bond acceptors (Lipinski definition) is 4. The molecular formula is C17H22N4O4. The predicted octanol–water partition coefficient (Wildman–Crippen LogP) is 0.414. The summed E-state index contributed by atoms with van der Waals surface area (Å²) in [4.78, 5) is 39.4. The Morgan fingerprint density at radius 2 is 1.96 bits per heavy atom. The third kappa shape index (κ3) is 2.90. The Bertz CT molecular complexity index is 766.